The van der Waals surface area contributed by atoms with E-state index in [1.54, 1.807) is 6.07 Å². The topological polar surface area (TPSA) is 56.9 Å². The van der Waals surface area contributed by atoms with Crippen LogP contribution in [0.15, 0.2) is 48.5 Å². The molecule has 2 aromatic carbocycles. The Balaban J connectivity index is 1.48. The molecule has 0 spiro atoms. The summed E-state index contributed by atoms with van der Waals surface area (Å²) in [5, 5.41) is 16.1. The third-order valence-corrected chi connectivity index (χ3v) is 7.19. The van der Waals surface area contributed by atoms with Crippen LogP contribution in [-0.2, 0) is 6.42 Å². The van der Waals surface area contributed by atoms with Gasteiger partial charge in [0.05, 0.1) is 16.6 Å². The molecule has 0 radical (unpaired) electrons. The summed E-state index contributed by atoms with van der Waals surface area (Å²) in [5.41, 5.74) is 1.66. The SMILES string of the molecule is CCc1nc2sc([C@@H](c3ccc(Cl)cc3)N3CCN(c4ccccc4F)CC3)c(O)n2n1. The van der Waals surface area contributed by atoms with Gasteiger partial charge in [0.15, 0.2) is 5.82 Å². The first-order valence-corrected chi connectivity index (χ1v) is 11.8. The highest BCUT2D eigenvalue weighted by atomic mass is 35.5. The zero-order valence-electron chi connectivity index (χ0n) is 17.6. The van der Waals surface area contributed by atoms with E-state index >= 15 is 0 Å². The zero-order chi connectivity index (χ0) is 22.2. The Morgan fingerprint density at radius 1 is 1.09 bits per heavy atom. The minimum absolute atomic E-state index is 0.119. The van der Waals surface area contributed by atoms with Gasteiger partial charge in [-0.25, -0.2) is 9.37 Å². The number of aromatic hydroxyl groups is 1. The number of para-hydroxylation sites is 1. The van der Waals surface area contributed by atoms with E-state index in [2.05, 4.69) is 19.9 Å². The predicted molar refractivity (Wildman–Crippen MR) is 125 cm³/mol. The van der Waals surface area contributed by atoms with Crippen LogP contribution in [-0.4, -0.2) is 50.8 Å². The molecule has 166 valence electrons. The first kappa shape index (κ1) is 21.2. The summed E-state index contributed by atoms with van der Waals surface area (Å²) in [6.45, 7) is 4.80. The molecule has 1 N–H and O–H groups in total. The molecular formula is C23H23ClFN5OS. The van der Waals surface area contributed by atoms with Crippen molar-refractivity contribution in [3.63, 3.8) is 0 Å². The van der Waals surface area contributed by atoms with Crippen molar-refractivity contribution in [1.82, 2.24) is 19.5 Å². The van der Waals surface area contributed by atoms with E-state index < -0.39 is 0 Å². The van der Waals surface area contributed by atoms with Crippen molar-refractivity contribution in [2.24, 2.45) is 0 Å². The molecule has 0 aliphatic carbocycles. The Morgan fingerprint density at radius 2 is 1.81 bits per heavy atom. The largest absolute Gasteiger partial charge is 0.492 e. The van der Waals surface area contributed by atoms with Gasteiger partial charge >= 0.3 is 0 Å². The second-order valence-electron chi connectivity index (χ2n) is 7.79. The van der Waals surface area contributed by atoms with Crippen molar-refractivity contribution in [3.8, 4) is 5.88 Å². The predicted octanol–water partition coefficient (Wildman–Crippen LogP) is 4.76. The van der Waals surface area contributed by atoms with Crippen LogP contribution in [0.2, 0.25) is 5.02 Å². The van der Waals surface area contributed by atoms with Gasteiger partial charge < -0.3 is 10.0 Å². The summed E-state index contributed by atoms with van der Waals surface area (Å²) < 4.78 is 15.8. The van der Waals surface area contributed by atoms with Crippen LogP contribution in [0.3, 0.4) is 0 Å². The molecule has 0 saturated carbocycles. The van der Waals surface area contributed by atoms with Gasteiger partial charge in [0.2, 0.25) is 10.8 Å². The Labute approximate surface area is 194 Å². The van der Waals surface area contributed by atoms with E-state index in [-0.39, 0.29) is 17.7 Å². The molecular weight excluding hydrogens is 449 g/mol. The molecule has 5 rings (SSSR count). The quantitative estimate of drug-likeness (QED) is 0.454. The summed E-state index contributed by atoms with van der Waals surface area (Å²) >= 11 is 7.59. The molecule has 0 unspecified atom stereocenters. The van der Waals surface area contributed by atoms with Crippen LogP contribution in [0, 0.1) is 5.82 Å². The number of aromatic nitrogens is 3. The number of rotatable bonds is 5. The van der Waals surface area contributed by atoms with Crippen LogP contribution in [0.1, 0.15) is 29.2 Å². The molecule has 6 nitrogen and oxygen atoms in total. The fourth-order valence-electron chi connectivity index (χ4n) is 4.22. The first-order chi connectivity index (χ1) is 15.5. The third-order valence-electron chi connectivity index (χ3n) is 5.87. The Morgan fingerprint density at radius 3 is 2.47 bits per heavy atom. The summed E-state index contributed by atoms with van der Waals surface area (Å²) in [6.07, 6.45) is 0.710. The van der Waals surface area contributed by atoms with Crippen molar-refractivity contribution in [2.75, 3.05) is 31.1 Å². The number of halogens is 2. The maximum absolute atomic E-state index is 14.3. The van der Waals surface area contributed by atoms with Crippen LogP contribution < -0.4 is 4.90 Å². The second kappa shape index (κ2) is 8.69. The Bertz CT molecular complexity index is 1230. The van der Waals surface area contributed by atoms with E-state index in [4.69, 9.17) is 11.6 Å². The molecule has 1 aliphatic heterocycles. The minimum atomic E-state index is -0.204. The monoisotopic (exact) mass is 471 g/mol. The molecule has 1 aliphatic rings. The number of hydrogen-bond donors (Lipinski definition) is 1. The molecule has 1 saturated heterocycles. The maximum Gasteiger partial charge on any atom is 0.230 e. The number of piperazine rings is 1. The lowest BCUT2D eigenvalue weighted by Gasteiger charge is -2.40. The lowest BCUT2D eigenvalue weighted by Crippen LogP contribution is -2.48. The van der Waals surface area contributed by atoms with Crippen LogP contribution >= 0.6 is 22.9 Å². The molecule has 0 amide bonds. The number of fused-ring (bicyclic) bond motifs is 1. The van der Waals surface area contributed by atoms with Crippen LogP contribution in [0.25, 0.3) is 4.96 Å². The number of anilines is 1. The molecule has 32 heavy (non-hydrogen) atoms. The van der Waals surface area contributed by atoms with Gasteiger partial charge in [-0.2, -0.15) is 4.52 Å². The zero-order valence-corrected chi connectivity index (χ0v) is 19.2. The summed E-state index contributed by atoms with van der Waals surface area (Å²) in [5.74, 6) is 0.624. The van der Waals surface area contributed by atoms with Crippen molar-refractivity contribution in [3.05, 3.63) is 75.6 Å². The molecule has 9 heteroatoms. The first-order valence-electron chi connectivity index (χ1n) is 10.6. The third kappa shape index (κ3) is 3.83. The number of nitrogens with zero attached hydrogens (tertiary/aromatic N) is 5. The Hall–Kier alpha value is -2.68. The van der Waals surface area contributed by atoms with Gasteiger partial charge in [-0.3, -0.25) is 4.90 Å². The fourth-order valence-corrected chi connectivity index (χ4v) is 5.48. The molecule has 1 atom stereocenters. The number of hydrogen-bond acceptors (Lipinski definition) is 6. The van der Waals surface area contributed by atoms with E-state index in [9.17, 15) is 9.50 Å². The maximum atomic E-state index is 14.3. The van der Waals surface area contributed by atoms with Crippen LogP contribution in [0.4, 0.5) is 10.1 Å². The summed E-state index contributed by atoms with van der Waals surface area (Å²) in [4.78, 5) is 10.4. The number of aryl methyl sites for hydroxylation is 1. The number of benzene rings is 2. The van der Waals surface area contributed by atoms with Gasteiger partial charge in [-0.15, -0.1) is 5.10 Å². The van der Waals surface area contributed by atoms with Crippen molar-refractivity contribution in [2.45, 2.75) is 19.4 Å². The van der Waals surface area contributed by atoms with E-state index in [0.717, 1.165) is 23.5 Å². The van der Waals surface area contributed by atoms with E-state index in [1.165, 1.54) is 21.9 Å². The minimum Gasteiger partial charge on any atom is -0.492 e. The summed E-state index contributed by atoms with van der Waals surface area (Å²) in [7, 11) is 0. The fraction of sp³-hybridized carbons (Fsp3) is 0.304. The van der Waals surface area contributed by atoms with Gasteiger partial charge in [-0.05, 0) is 29.8 Å². The molecule has 3 heterocycles. The average Bonchev–Trinajstić information content (AvgIpc) is 3.35. The van der Waals surface area contributed by atoms with Crippen molar-refractivity contribution < 1.29 is 9.50 Å². The van der Waals surface area contributed by atoms with Gasteiger partial charge in [-0.1, -0.05) is 54.1 Å². The molecule has 0 bridgehead atoms. The molecule has 4 aromatic rings. The van der Waals surface area contributed by atoms with Gasteiger partial charge in [0, 0.05) is 37.6 Å². The van der Waals surface area contributed by atoms with E-state index in [0.29, 0.717) is 41.0 Å². The number of thiazole rings is 1. The second-order valence-corrected chi connectivity index (χ2v) is 9.24. The van der Waals surface area contributed by atoms with Gasteiger partial charge in [0.1, 0.15) is 5.82 Å². The smallest absolute Gasteiger partial charge is 0.230 e. The normalized spacial score (nSPS) is 16.0. The van der Waals surface area contributed by atoms with Crippen molar-refractivity contribution in [1.29, 1.82) is 0 Å². The molecule has 2 aromatic heterocycles. The van der Waals surface area contributed by atoms with E-state index in [1.807, 2.05) is 43.3 Å². The lowest BCUT2D eigenvalue weighted by atomic mass is 10.0. The average molecular weight is 472 g/mol. The highest BCUT2D eigenvalue weighted by Crippen LogP contribution is 2.40. The highest BCUT2D eigenvalue weighted by molar-refractivity contribution is 7.17. The summed E-state index contributed by atoms with van der Waals surface area (Å²) in [6, 6.07) is 14.4. The molecule has 1 fully saturated rings. The lowest BCUT2D eigenvalue weighted by molar-refractivity contribution is 0.210. The standard InChI is InChI=1S/C23H23ClFN5OS/c1-2-19-26-23-30(27-19)22(31)21(32-23)20(15-7-9-16(24)10-8-15)29-13-11-28(12-14-29)18-6-4-3-5-17(18)25/h3-10,20,31H,2,11-14H2,1H3/t20-/m1/s1. The highest BCUT2D eigenvalue weighted by Gasteiger charge is 2.32. The Kier molecular flexibility index (Phi) is 5.75. The van der Waals surface area contributed by atoms with Crippen LogP contribution in [0.5, 0.6) is 5.88 Å². The van der Waals surface area contributed by atoms with Crippen molar-refractivity contribution >= 4 is 33.6 Å². The van der Waals surface area contributed by atoms with Gasteiger partial charge in [0.25, 0.3) is 0 Å².